The van der Waals surface area contributed by atoms with E-state index >= 15 is 0 Å². The van der Waals surface area contributed by atoms with E-state index in [1.165, 1.54) is 0 Å². The first-order valence-electron chi connectivity index (χ1n) is 7.35. The smallest absolute Gasteiger partial charge is 0.192 e. The highest BCUT2D eigenvalue weighted by atomic mass is 28.4. The van der Waals surface area contributed by atoms with Crippen molar-refractivity contribution in [1.82, 2.24) is 0 Å². The van der Waals surface area contributed by atoms with Crippen LogP contribution in [0.2, 0.25) is 18.1 Å². The molecule has 0 aliphatic carbocycles. The van der Waals surface area contributed by atoms with Gasteiger partial charge in [0.1, 0.15) is 0 Å². The summed E-state index contributed by atoms with van der Waals surface area (Å²) in [4.78, 5) is 0. The SMILES string of the molecule is CC(C)[C@H](O)[C@@H](C)[C@H](O)[C@H](C)O[Si](C)(C)C(C)(C)C. The highest BCUT2D eigenvalue weighted by Gasteiger charge is 2.40. The van der Waals surface area contributed by atoms with Crippen LogP contribution in [0, 0.1) is 11.8 Å². The second-order valence-corrected chi connectivity index (χ2v) is 12.4. The van der Waals surface area contributed by atoms with Gasteiger partial charge in [-0.2, -0.15) is 0 Å². The maximum atomic E-state index is 10.4. The fourth-order valence-corrected chi connectivity index (χ4v) is 3.37. The molecule has 19 heavy (non-hydrogen) atoms. The van der Waals surface area contributed by atoms with E-state index in [1.807, 2.05) is 27.7 Å². The molecule has 2 N–H and O–H groups in total. The van der Waals surface area contributed by atoms with Gasteiger partial charge in [-0.25, -0.2) is 0 Å². The number of hydrogen-bond acceptors (Lipinski definition) is 3. The maximum Gasteiger partial charge on any atom is 0.192 e. The van der Waals surface area contributed by atoms with Gasteiger partial charge >= 0.3 is 0 Å². The predicted molar refractivity (Wildman–Crippen MR) is 83.8 cm³/mol. The molecule has 0 spiro atoms. The summed E-state index contributed by atoms with van der Waals surface area (Å²) in [5.74, 6) is -0.0375. The Hall–Kier alpha value is 0.0969. The molecule has 3 nitrogen and oxygen atoms in total. The standard InChI is InChI=1S/C15H34O3Si/c1-10(2)13(16)11(3)14(17)12(4)18-19(8,9)15(5,6)7/h10-14,16-17H,1-9H3/t11-,12+,13+,14+/m1/s1. The monoisotopic (exact) mass is 290 g/mol. The number of aliphatic hydroxyl groups is 2. The molecule has 4 atom stereocenters. The minimum absolute atomic E-state index is 0.126. The number of hydrogen-bond donors (Lipinski definition) is 2. The van der Waals surface area contributed by atoms with Crippen molar-refractivity contribution in [3.05, 3.63) is 0 Å². The summed E-state index contributed by atoms with van der Waals surface area (Å²) in [5, 5.41) is 20.6. The van der Waals surface area contributed by atoms with Gasteiger partial charge in [0.15, 0.2) is 8.32 Å². The van der Waals surface area contributed by atoms with Crippen molar-refractivity contribution in [2.45, 2.75) is 84.9 Å². The molecule has 0 aromatic heterocycles. The third-order valence-electron chi connectivity index (χ3n) is 4.53. The molecule has 0 unspecified atom stereocenters. The van der Waals surface area contributed by atoms with Gasteiger partial charge in [-0.15, -0.1) is 0 Å². The quantitative estimate of drug-likeness (QED) is 0.737. The zero-order chi connectivity index (χ0) is 15.6. The molecule has 0 saturated carbocycles. The van der Waals surface area contributed by atoms with E-state index in [-0.39, 0.29) is 23.0 Å². The average molecular weight is 291 g/mol. The second kappa shape index (κ2) is 6.70. The van der Waals surface area contributed by atoms with E-state index < -0.39 is 20.5 Å². The van der Waals surface area contributed by atoms with E-state index in [9.17, 15) is 10.2 Å². The first kappa shape index (κ1) is 19.1. The molecule has 0 heterocycles. The predicted octanol–water partition coefficient (Wildman–Crippen LogP) is 3.41. The summed E-state index contributed by atoms with van der Waals surface area (Å²) in [6, 6.07) is 0. The molecule has 0 aromatic carbocycles. The normalized spacial score (nSPS) is 20.2. The fourth-order valence-electron chi connectivity index (χ4n) is 1.95. The second-order valence-electron chi connectivity index (χ2n) is 7.67. The number of rotatable bonds is 6. The lowest BCUT2D eigenvalue weighted by Crippen LogP contribution is -2.49. The molecule has 0 aromatic rings. The van der Waals surface area contributed by atoms with Crippen LogP contribution in [-0.2, 0) is 4.43 Å². The van der Waals surface area contributed by atoms with Gasteiger partial charge in [0, 0.05) is 5.92 Å². The van der Waals surface area contributed by atoms with Crippen molar-refractivity contribution in [3.63, 3.8) is 0 Å². The van der Waals surface area contributed by atoms with Crippen molar-refractivity contribution in [3.8, 4) is 0 Å². The maximum absolute atomic E-state index is 10.4. The topological polar surface area (TPSA) is 49.7 Å². The van der Waals surface area contributed by atoms with Crippen molar-refractivity contribution in [2.75, 3.05) is 0 Å². The zero-order valence-corrected chi connectivity index (χ0v) is 15.2. The van der Waals surface area contributed by atoms with Gasteiger partial charge in [0.25, 0.3) is 0 Å². The van der Waals surface area contributed by atoms with Crippen molar-refractivity contribution < 1.29 is 14.6 Å². The fraction of sp³-hybridized carbons (Fsp3) is 1.00. The molecule has 4 heteroatoms. The minimum Gasteiger partial charge on any atom is -0.412 e. The number of aliphatic hydroxyl groups excluding tert-OH is 2. The van der Waals surface area contributed by atoms with Gasteiger partial charge in [0.05, 0.1) is 18.3 Å². The van der Waals surface area contributed by atoms with Crippen LogP contribution in [0.5, 0.6) is 0 Å². The van der Waals surface area contributed by atoms with Gasteiger partial charge in [0.2, 0.25) is 0 Å². The van der Waals surface area contributed by atoms with Crippen LogP contribution in [0.4, 0.5) is 0 Å². The molecule has 0 bridgehead atoms. The van der Waals surface area contributed by atoms with E-state index in [0.29, 0.717) is 0 Å². The molecule has 0 rings (SSSR count). The summed E-state index contributed by atoms with van der Waals surface area (Å²) < 4.78 is 6.19. The molecule has 0 fully saturated rings. The summed E-state index contributed by atoms with van der Waals surface area (Å²) in [6.45, 7) is 18.6. The Bertz CT molecular complexity index is 271. The first-order chi connectivity index (χ1) is 8.31. The third kappa shape index (κ3) is 5.18. The Morgan fingerprint density at radius 2 is 1.32 bits per heavy atom. The summed E-state index contributed by atoms with van der Waals surface area (Å²) in [6.07, 6.45) is -1.38. The van der Waals surface area contributed by atoms with Crippen molar-refractivity contribution in [2.24, 2.45) is 11.8 Å². The molecule has 0 saturated heterocycles. The lowest BCUT2D eigenvalue weighted by atomic mass is 9.88. The van der Waals surface area contributed by atoms with Gasteiger partial charge in [-0.3, -0.25) is 0 Å². The average Bonchev–Trinajstić information content (AvgIpc) is 2.23. The zero-order valence-electron chi connectivity index (χ0n) is 14.2. The molecule has 0 aliphatic heterocycles. The van der Waals surface area contributed by atoms with E-state index in [1.54, 1.807) is 0 Å². The largest absolute Gasteiger partial charge is 0.412 e. The van der Waals surface area contributed by atoms with Crippen LogP contribution < -0.4 is 0 Å². The van der Waals surface area contributed by atoms with Crippen LogP contribution in [0.15, 0.2) is 0 Å². The highest BCUT2D eigenvalue weighted by molar-refractivity contribution is 6.74. The van der Waals surface area contributed by atoms with Gasteiger partial charge < -0.3 is 14.6 Å². The van der Waals surface area contributed by atoms with E-state index in [2.05, 4.69) is 33.9 Å². The van der Waals surface area contributed by atoms with Crippen molar-refractivity contribution in [1.29, 1.82) is 0 Å². The Labute approximate surface area is 120 Å². The van der Waals surface area contributed by atoms with Crippen LogP contribution in [0.3, 0.4) is 0 Å². The van der Waals surface area contributed by atoms with Crippen LogP contribution in [-0.4, -0.2) is 36.8 Å². The van der Waals surface area contributed by atoms with Gasteiger partial charge in [-0.05, 0) is 31.0 Å². The third-order valence-corrected chi connectivity index (χ3v) is 9.10. The van der Waals surface area contributed by atoms with Crippen LogP contribution in [0.25, 0.3) is 0 Å². The molecule has 116 valence electrons. The Morgan fingerprint density at radius 3 is 1.63 bits per heavy atom. The Morgan fingerprint density at radius 1 is 0.895 bits per heavy atom. The van der Waals surface area contributed by atoms with Crippen LogP contribution >= 0.6 is 0 Å². The molecule has 0 amide bonds. The van der Waals surface area contributed by atoms with Gasteiger partial charge in [-0.1, -0.05) is 41.5 Å². The lowest BCUT2D eigenvalue weighted by molar-refractivity contribution is -0.0517. The summed E-state index contributed by atoms with van der Waals surface area (Å²) >= 11 is 0. The summed E-state index contributed by atoms with van der Waals surface area (Å²) in [5.41, 5.74) is 0. The first-order valence-corrected chi connectivity index (χ1v) is 10.3. The lowest BCUT2D eigenvalue weighted by Gasteiger charge is -2.41. The van der Waals surface area contributed by atoms with E-state index in [0.717, 1.165) is 0 Å². The molecular formula is C15H34O3Si. The Balaban J connectivity index is 4.71. The van der Waals surface area contributed by atoms with E-state index in [4.69, 9.17) is 4.43 Å². The summed E-state index contributed by atoms with van der Waals surface area (Å²) in [7, 11) is -1.88. The molecule has 0 aliphatic rings. The van der Waals surface area contributed by atoms with Crippen molar-refractivity contribution >= 4 is 8.32 Å². The highest BCUT2D eigenvalue weighted by Crippen LogP contribution is 2.38. The Kier molecular flexibility index (Phi) is 6.73. The van der Waals surface area contributed by atoms with Crippen LogP contribution in [0.1, 0.15) is 48.5 Å². The molecule has 0 radical (unpaired) electrons. The molecular weight excluding hydrogens is 256 g/mol. The minimum atomic E-state index is -1.88.